The molecule has 0 aliphatic carbocycles. The SMILES string of the molecule is C(=Cc1ccccc1-c1ccccc1-n1c2ccccc2c2ccccc21)c1ccccc1-c1ccc2c(c1)c1ccccc1n2-c1ccccc1. The van der Waals surface area contributed by atoms with E-state index in [2.05, 4.69) is 215 Å². The van der Waals surface area contributed by atoms with Crippen LogP contribution in [0.4, 0.5) is 0 Å². The van der Waals surface area contributed by atoms with Gasteiger partial charge in [-0.25, -0.2) is 0 Å². The van der Waals surface area contributed by atoms with Gasteiger partial charge in [0, 0.05) is 32.8 Å². The van der Waals surface area contributed by atoms with Crippen LogP contribution in [0, 0.1) is 0 Å². The van der Waals surface area contributed by atoms with Crippen LogP contribution in [0.25, 0.3) is 89.4 Å². The first-order valence-corrected chi connectivity index (χ1v) is 17.9. The fourth-order valence-corrected chi connectivity index (χ4v) is 8.05. The zero-order valence-electron chi connectivity index (χ0n) is 28.5. The van der Waals surface area contributed by atoms with Gasteiger partial charge in [0.25, 0.3) is 0 Å². The Morgan fingerprint density at radius 2 is 0.769 bits per heavy atom. The van der Waals surface area contributed by atoms with E-state index in [1.54, 1.807) is 0 Å². The van der Waals surface area contributed by atoms with Crippen LogP contribution in [0.1, 0.15) is 11.1 Å². The van der Waals surface area contributed by atoms with Gasteiger partial charge >= 0.3 is 0 Å². The lowest BCUT2D eigenvalue weighted by molar-refractivity contribution is 1.18. The minimum atomic E-state index is 1.17. The molecule has 244 valence electrons. The summed E-state index contributed by atoms with van der Waals surface area (Å²) >= 11 is 0. The Morgan fingerprint density at radius 3 is 1.44 bits per heavy atom. The van der Waals surface area contributed by atoms with Gasteiger partial charge in [-0.15, -0.1) is 0 Å². The molecule has 8 aromatic carbocycles. The Kier molecular flexibility index (Phi) is 7.18. The minimum Gasteiger partial charge on any atom is -0.309 e. The quantitative estimate of drug-likeness (QED) is 0.157. The van der Waals surface area contributed by atoms with Gasteiger partial charge in [0.05, 0.1) is 27.8 Å². The zero-order chi connectivity index (χ0) is 34.4. The smallest absolute Gasteiger partial charge is 0.0541 e. The summed E-state index contributed by atoms with van der Waals surface area (Å²) in [6.07, 6.45) is 4.55. The molecular weight excluding hydrogens is 629 g/mol. The summed E-state index contributed by atoms with van der Waals surface area (Å²) in [5, 5.41) is 5.04. The molecule has 0 bridgehead atoms. The normalized spacial score (nSPS) is 11.8. The number of aromatic nitrogens is 2. The van der Waals surface area contributed by atoms with Gasteiger partial charge in [0.2, 0.25) is 0 Å². The molecule has 0 atom stereocenters. The highest BCUT2D eigenvalue weighted by atomic mass is 15.0. The summed E-state index contributed by atoms with van der Waals surface area (Å²) in [7, 11) is 0. The summed E-state index contributed by atoms with van der Waals surface area (Å²) < 4.78 is 4.79. The second-order valence-corrected chi connectivity index (χ2v) is 13.3. The second kappa shape index (κ2) is 12.5. The average molecular weight is 663 g/mol. The van der Waals surface area contributed by atoms with Gasteiger partial charge < -0.3 is 9.13 Å². The Hall–Kier alpha value is -6.90. The first kappa shape index (κ1) is 30.0. The summed E-state index contributed by atoms with van der Waals surface area (Å²) in [4.78, 5) is 0. The van der Waals surface area contributed by atoms with E-state index in [-0.39, 0.29) is 0 Å². The van der Waals surface area contributed by atoms with Crippen LogP contribution in [0.5, 0.6) is 0 Å². The van der Waals surface area contributed by atoms with Crippen LogP contribution >= 0.6 is 0 Å². The van der Waals surface area contributed by atoms with E-state index in [0.29, 0.717) is 0 Å². The van der Waals surface area contributed by atoms with Crippen molar-refractivity contribution in [2.45, 2.75) is 0 Å². The monoisotopic (exact) mass is 662 g/mol. The molecule has 0 saturated carbocycles. The van der Waals surface area contributed by atoms with Gasteiger partial charge in [-0.3, -0.25) is 0 Å². The molecule has 10 aromatic rings. The molecule has 0 aliphatic heterocycles. The molecule has 2 heterocycles. The molecule has 0 N–H and O–H groups in total. The van der Waals surface area contributed by atoms with E-state index in [4.69, 9.17) is 0 Å². The predicted octanol–water partition coefficient (Wildman–Crippen LogP) is 13.4. The largest absolute Gasteiger partial charge is 0.309 e. The highest BCUT2D eigenvalue weighted by molar-refractivity contribution is 6.11. The third-order valence-corrected chi connectivity index (χ3v) is 10.4. The van der Waals surface area contributed by atoms with Crippen molar-refractivity contribution in [2.24, 2.45) is 0 Å². The van der Waals surface area contributed by atoms with Crippen LogP contribution < -0.4 is 0 Å². The molecular formula is C50H34N2. The second-order valence-electron chi connectivity index (χ2n) is 13.3. The van der Waals surface area contributed by atoms with Gasteiger partial charge in [0.1, 0.15) is 0 Å². The van der Waals surface area contributed by atoms with E-state index in [1.807, 2.05) is 0 Å². The fourth-order valence-electron chi connectivity index (χ4n) is 8.05. The number of fused-ring (bicyclic) bond motifs is 6. The molecule has 0 unspecified atom stereocenters. The maximum Gasteiger partial charge on any atom is 0.0541 e. The van der Waals surface area contributed by atoms with Crippen molar-refractivity contribution in [2.75, 3.05) is 0 Å². The van der Waals surface area contributed by atoms with Gasteiger partial charge in [0.15, 0.2) is 0 Å². The van der Waals surface area contributed by atoms with Crippen molar-refractivity contribution in [1.29, 1.82) is 0 Å². The summed E-state index contributed by atoms with van der Waals surface area (Å²) in [5.41, 5.74) is 14.3. The lowest BCUT2D eigenvalue weighted by Crippen LogP contribution is -1.97. The van der Waals surface area contributed by atoms with Crippen LogP contribution in [0.3, 0.4) is 0 Å². The van der Waals surface area contributed by atoms with Crippen molar-refractivity contribution in [3.8, 4) is 33.6 Å². The van der Waals surface area contributed by atoms with Gasteiger partial charge in [-0.1, -0.05) is 158 Å². The Balaban J connectivity index is 1.08. The first-order valence-electron chi connectivity index (χ1n) is 17.9. The lowest BCUT2D eigenvalue weighted by atomic mass is 9.95. The molecule has 0 fully saturated rings. The highest BCUT2D eigenvalue weighted by Crippen LogP contribution is 2.39. The maximum absolute atomic E-state index is 2.42. The average Bonchev–Trinajstić information content (AvgIpc) is 3.73. The Labute approximate surface area is 302 Å². The highest BCUT2D eigenvalue weighted by Gasteiger charge is 2.17. The molecule has 0 saturated heterocycles. The molecule has 2 nitrogen and oxygen atoms in total. The topological polar surface area (TPSA) is 9.86 Å². The van der Waals surface area contributed by atoms with E-state index >= 15 is 0 Å². The number of hydrogen-bond donors (Lipinski definition) is 0. The first-order chi connectivity index (χ1) is 25.8. The van der Waals surface area contributed by atoms with Crippen molar-refractivity contribution in [3.05, 3.63) is 205 Å². The van der Waals surface area contributed by atoms with Crippen LogP contribution in [0.2, 0.25) is 0 Å². The van der Waals surface area contributed by atoms with Crippen LogP contribution in [0.15, 0.2) is 194 Å². The Bertz CT molecular complexity index is 2900. The molecule has 52 heavy (non-hydrogen) atoms. The van der Waals surface area contributed by atoms with E-state index in [9.17, 15) is 0 Å². The number of nitrogens with zero attached hydrogens (tertiary/aromatic N) is 2. The molecule has 0 radical (unpaired) electrons. The maximum atomic E-state index is 2.42. The third-order valence-electron chi connectivity index (χ3n) is 10.4. The fraction of sp³-hybridized carbons (Fsp3) is 0. The van der Waals surface area contributed by atoms with Crippen molar-refractivity contribution in [3.63, 3.8) is 0 Å². The summed E-state index contributed by atoms with van der Waals surface area (Å²) in [6, 6.07) is 70.0. The minimum absolute atomic E-state index is 1.17. The van der Waals surface area contributed by atoms with E-state index < -0.39 is 0 Å². The van der Waals surface area contributed by atoms with Crippen molar-refractivity contribution in [1.82, 2.24) is 9.13 Å². The van der Waals surface area contributed by atoms with Crippen LogP contribution in [-0.2, 0) is 0 Å². The zero-order valence-corrected chi connectivity index (χ0v) is 28.5. The molecule has 2 heteroatoms. The number of rotatable bonds is 6. The Morgan fingerprint density at radius 1 is 0.308 bits per heavy atom. The molecule has 0 aliphatic rings. The molecule has 10 rings (SSSR count). The van der Waals surface area contributed by atoms with Crippen molar-refractivity contribution < 1.29 is 0 Å². The van der Waals surface area contributed by atoms with E-state index in [0.717, 1.165) is 0 Å². The third kappa shape index (κ3) is 4.88. The number of para-hydroxylation sites is 5. The number of hydrogen-bond acceptors (Lipinski definition) is 0. The molecule has 0 amide bonds. The van der Waals surface area contributed by atoms with Gasteiger partial charge in [-0.05, 0) is 76.3 Å². The van der Waals surface area contributed by atoms with Gasteiger partial charge in [-0.2, -0.15) is 0 Å². The van der Waals surface area contributed by atoms with Crippen molar-refractivity contribution >= 4 is 55.8 Å². The lowest BCUT2D eigenvalue weighted by Gasteiger charge is -2.16. The predicted molar refractivity (Wildman–Crippen MR) is 221 cm³/mol. The number of benzene rings is 8. The summed E-state index contributed by atoms with van der Waals surface area (Å²) in [5.74, 6) is 0. The molecule has 0 spiro atoms. The molecule has 2 aromatic heterocycles. The van der Waals surface area contributed by atoms with E-state index in [1.165, 1.54) is 88.4 Å². The van der Waals surface area contributed by atoms with Crippen LogP contribution in [-0.4, -0.2) is 9.13 Å². The standard InChI is InChI=1S/C50H34N2/c1-2-18-38(19-3-1)51-46-26-12-11-25-44(46)45-34-37(32-33-50(45)51)39-20-6-4-16-35(39)30-31-36-17-5-7-21-40(36)41-22-8-13-27-47(41)52-48-28-14-9-23-42(48)43-24-10-15-29-49(43)52/h1-34H. The summed E-state index contributed by atoms with van der Waals surface area (Å²) in [6.45, 7) is 0.